The first-order valence-electron chi connectivity index (χ1n) is 6.81. The number of methoxy groups -OCH3 is 2. The first-order valence-corrected chi connectivity index (χ1v) is 6.81. The molecule has 19 heavy (non-hydrogen) atoms. The van der Waals surface area contributed by atoms with Crippen LogP contribution in [0.2, 0.25) is 0 Å². The Labute approximate surface area is 116 Å². The lowest BCUT2D eigenvalue weighted by Crippen LogP contribution is -2.39. The largest absolute Gasteiger partial charge is 0.458 e. The van der Waals surface area contributed by atoms with Gasteiger partial charge in [-0.3, -0.25) is 4.79 Å². The molecule has 0 aromatic carbocycles. The summed E-state index contributed by atoms with van der Waals surface area (Å²) in [5.74, 6) is 0.814. The van der Waals surface area contributed by atoms with Gasteiger partial charge in [0.2, 0.25) is 0 Å². The summed E-state index contributed by atoms with van der Waals surface area (Å²) in [5, 5.41) is 0. The summed E-state index contributed by atoms with van der Waals surface area (Å²) in [6.07, 6.45) is 2.60. The van der Waals surface area contributed by atoms with Gasteiger partial charge in [-0.2, -0.15) is 0 Å². The van der Waals surface area contributed by atoms with Crippen LogP contribution < -0.4 is 0 Å². The Hall–Kier alpha value is -0.870. The van der Waals surface area contributed by atoms with Crippen molar-refractivity contribution in [1.29, 1.82) is 0 Å². The van der Waals surface area contributed by atoms with E-state index in [0.29, 0.717) is 11.8 Å². The van der Waals surface area contributed by atoms with E-state index in [1.165, 1.54) is 6.92 Å². The Kier molecular flexibility index (Phi) is 6.01. The molecule has 1 rings (SSSR count). The molecule has 4 nitrogen and oxygen atoms in total. The van der Waals surface area contributed by atoms with Crippen molar-refractivity contribution < 1.29 is 19.0 Å². The van der Waals surface area contributed by atoms with Crippen LogP contribution in [0, 0.1) is 17.8 Å². The Morgan fingerprint density at radius 2 is 1.89 bits per heavy atom. The summed E-state index contributed by atoms with van der Waals surface area (Å²) in [6, 6.07) is 0. The molecule has 0 saturated carbocycles. The monoisotopic (exact) mass is 270 g/mol. The maximum absolute atomic E-state index is 11.2. The summed E-state index contributed by atoms with van der Waals surface area (Å²) in [5.41, 5.74) is 1.08. The van der Waals surface area contributed by atoms with Gasteiger partial charge >= 0.3 is 5.97 Å². The fourth-order valence-corrected chi connectivity index (χ4v) is 2.87. The molecule has 4 heteroatoms. The van der Waals surface area contributed by atoms with Gasteiger partial charge in [0.1, 0.15) is 6.10 Å². The SMILES string of the molecule is COC(OC)[C@H]1C=C(C)[C@@H](OC(C)=O)C[C@@H]1C(C)C. The lowest BCUT2D eigenvalue weighted by molar-refractivity contribution is -0.154. The fraction of sp³-hybridized carbons (Fsp3) is 0.800. The molecule has 0 aliphatic heterocycles. The summed E-state index contributed by atoms with van der Waals surface area (Å²) < 4.78 is 16.2. The fourth-order valence-electron chi connectivity index (χ4n) is 2.87. The number of hydrogen-bond donors (Lipinski definition) is 0. The number of carbonyl (C=O) groups excluding carboxylic acids is 1. The molecule has 1 aliphatic carbocycles. The molecule has 0 bridgehead atoms. The molecule has 0 fully saturated rings. The maximum Gasteiger partial charge on any atom is 0.303 e. The van der Waals surface area contributed by atoms with Crippen LogP contribution in [0.4, 0.5) is 0 Å². The zero-order valence-electron chi connectivity index (χ0n) is 12.8. The zero-order chi connectivity index (χ0) is 14.6. The van der Waals surface area contributed by atoms with Crippen LogP contribution >= 0.6 is 0 Å². The van der Waals surface area contributed by atoms with E-state index in [1.807, 2.05) is 6.92 Å². The van der Waals surface area contributed by atoms with Crippen LogP contribution in [-0.2, 0) is 19.0 Å². The number of ether oxygens (including phenoxy) is 3. The van der Waals surface area contributed by atoms with Crippen molar-refractivity contribution in [2.24, 2.45) is 17.8 Å². The second-order valence-corrected chi connectivity index (χ2v) is 5.57. The standard InChI is InChI=1S/C15H26O4/c1-9(2)12-8-14(19-11(4)16)10(3)7-13(12)15(17-5)18-6/h7,9,12-15H,8H2,1-6H3/t12-,13+,14+/m1/s1. The molecular weight excluding hydrogens is 244 g/mol. The van der Waals surface area contributed by atoms with Crippen molar-refractivity contribution in [2.75, 3.05) is 14.2 Å². The minimum absolute atomic E-state index is 0.115. The van der Waals surface area contributed by atoms with Crippen LogP contribution in [0.5, 0.6) is 0 Å². The minimum Gasteiger partial charge on any atom is -0.458 e. The van der Waals surface area contributed by atoms with E-state index in [0.717, 1.165) is 12.0 Å². The third-order valence-electron chi connectivity index (χ3n) is 3.89. The smallest absolute Gasteiger partial charge is 0.303 e. The molecule has 1 aliphatic rings. The van der Waals surface area contributed by atoms with Gasteiger partial charge in [0.05, 0.1) is 0 Å². The highest BCUT2D eigenvalue weighted by molar-refractivity contribution is 5.66. The molecule has 0 aromatic heterocycles. The summed E-state index contributed by atoms with van der Waals surface area (Å²) in [6.45, 7) is 7.81. The second-order valence-electron chi connectivity index (χ2n) is 5.57. The van der Waals surface area contributed by atoms with Crippen molar-refractivity contribution in [3.63, 3.8) is 0 Å². The van der Waals surface area contributed by atoms with Gasteiger partial charge in [-0.05, 0) is 30.8 Å². The molecule has 110 valence electrons. The molecule has 0 saturated heterocycles. The molecule has 3 atom stereocenters. The molecule has 0 aromatic rings. The summed E-state index contributed by atoms with van der Waals surface area (Å²) in [4.78, 5) is 11.2. The average Bonchev–Trinajstić information content (AvgIpc) is 2.33. The number of hydrogen-bond acceptors (Lipinski definition) is 4. The van der Waals surface area contributed by atoms with Crippen molar-refractivity contribution in [3.8, 4) is 0 Å². The van der Waals surface area contributed by atoms with E-state index in [-0.39, 0.29) is 24.3 Å². The quantitative estimate of drug-likeness (QED) is 0.438. The normalized spacial score (nSPS) is 27.6. The highest BCUT2D eigenvalue weighted by Crippen LogP contribution is 2.38. The van der Waals surface area contributed by atoms with Gasteiger partial charge in [-0.15, -0.1) is 0 Å². The highest BCUT2D eigenvalue weighted by Gasteiger charge is 2.37. The van der Waals surface area contributed by atoms with Crippen LogP contribution in [0.15, 0.2) is 11.6 Å². The minimum atomic E-state index is -0.249. The Morgan fingerprint density at radius 1 is 1.32 bits per heavy atom. The second kappa shape index (κ2) is 7.06. The van der Waals surface area contributed by atoms with Crippen molar-refractivity contribution >= 4 is 5.97 Å². The van der Waals surface area contributed by atoms with Crippen molar-refractivity contribution in [3.05, 3.63) is 11.6 Å². The predicted molar refractivity (Wildman–Crippen MR) is 73.6 cm³/mol. The van der Waals surface area contributed by atoms with Crippen LogP contribution in [-0.4, -0.2) is 32.6 Å². The predicted octanol–water partition coefficient (Wildman–Crippen LogP) is 2.78. The van der Waals surface area contributed by atoms with E-state index in [9.17, 15) is 4.79 Å². The van der Waals surface area contributed by atoms with Crippen LogP contribution in [0.3, 0.4) is 0 Å². The first kappa shape index (κ1) is 16.2. The maximum atomic E-state index is 11.2. The van der Waals surface area contributed by atoms with Crippen LogP contribution in [0.1, 0.15) is 34.1 Å². The molecule has 0 N–H and O–H groups in total. The molecular formula is C15H26O4. The Morgan fingerprint density at radius 3 is 2.32 bits per heavy atom. The van der Waals surface area contributed by atoms with Gasteiger partial charge in [0.25, 0.3) is 0 Å². The van der Waals surface area contributed by atoms with E-state index >= 15 is 0 Å². The Bertz CT molecular complexity index is 331. The van der Waals surface area contributed by atoms with E-state index in [4.69, 9.17) is 14.2 Å². The third-order valence-corrected chi connectivity index (χ3v) is 3.89. The molecule has 0 spiro atoms. The Balaban J connectivity index is 2.96. The number of carbonyl (C=O) groups is 1. The zero-order valence-corrected chi connectivity index (χ0v) is 12.8. The average molecular weight is 270 g/mol. The molecule has 0 radical (unpaired) electrons. The topological polar surface area (TPSA) is 44.8 Å². The lowest BCUT2D eigenvalue weighted by atomic mass is 9.73. The van der Waals surface area contributed by atoms with Crippen LogP contribution in [0.25, 0.3) is 0 Å². The molecule has 0 unspecified atom stereocenters. The van der Waals surface area contributed by atoms with Gasteiger partial charge in [0.15, 0.2) is 6.29 Å². The lowest BCUT2D eigenvalue weighted by Gasteiger charge is -2.39. The van der Waals surface area contributed by atoms with Crippen molar-refractivity contribution in [2.45, 2.75) is 46.5 Å². The molecule has 0 amide bonds. The number of esters is 1. The van der Waals surface area contributed by atoms with E-state index < -0.39 is 0 Å². The van der Waals surface area contributed by atoms with E-state index in [1.54, 1.807) is 14.2 Å². The van der Waals surface area contributed by atoms with Crippen molar-refractivity contribution in [1.82, 2.24) is 0 Å². The number of rotatable bonds is 5. The van der Waals surface area contributed by atoms with Gasteiger partial charge < -0.3 is 14.2 Å². The first-order chi connectivity index (χ1) is 8.90. The van der Waals surface area contributed by atoms with Gasteiger partial charge in [0, 0.05) is 27.1 Å². The van der Waals surface area contributed by atoms with E-state index in [2.05, 4.69) is 19.9 Å². The highest BCUT2D eigenvalue weighted by atomic mass is 16.7. The summed E-state index contributed by atoms with van der Waals surface area (Å²) in [7, 11) is 3.32. The van der Waals surface area contributed by atoms with Gasteiger partial charge in [-0.25, -0.2) is 0 Å². The molecule has 0 heterocycles. The van der Waals surface area contributed by atoms with Gasteiger partial charge in [-0.1, -0.05) is 19.9 Å². The summed E-state index contributed by atoms with van der Waals surface area (Å²) >= 11 is 0. The third kappa shape index (κ3) is 4.05.